The molecule has 0 radical (unpaired) electrons. The Hall–Kier alpha value is -2.89. The van der Waals surface area contributed by atoms with Crippen LogP contribution in [0.3, 0.4) is 0 Å². The van der Waals surface area contributed by atoms with Crippen molar-refractivity contribution in [2.75, 3.05) is 19.0 Å². The van der Waals surface area contributed by atoms with Crippen molar-refractivity contribution in [3.63, 3.8) is 0 Å². The Morgan fingerprint density at radius 2 is 1.96 bits per heavy atom. The monoisotopic (exact) mass is 344 g/mol. The first-order valence-electron chi connectivity index (χ1n) is 8.00. The molecule has 0 aromatic heterocycles. The Kier molecular flexibility index (Phi) is 6.51. The third-order valence-electron chi connectivity index (χ3n) is 3.61. The molecule has 25 heavy (non-hydrogen) atoms. The van der Waals surface area contributed by atoms with E-state index in [2.05, 4.69) is 10.6 Å². The van der Waals surface area contributed by atoms with Crippen molar-refractivity contribution in [2.24, 2.45) is 0 Å². The highest BCUT2D eigenvalue weighted by Crippen LogP contribution is 2.18. The van der Waals surface area contributed by atoms with Gasteiger partial charge in [0.25, 0.3) is 5.91 Å². The van der Waals surface area contributed by atoms with Crippen molar-refractivity contribution < 1.29 is 18.7 Å². The van der Waals surface area contributed by atoms with Crippen LogP contribution in [0.1, 0.15) is 28.8 Å². The van der Waals surface area contributed by atoms with Crippen LogP contribution in [0.2, 0.25) is 0 Å². The molecule has 0 saturated heterocycles. The van der Waals surface area contributed by atoms with Crippen molar-refractivity contribution in [2.45, 2.75) is 19.8 Å². The quantitative estimate of drug-likeness (QED) is 0.758. The van der Waals surface area contributed by atoms with Gasteiger partial charge in [0, 0.05) is 30.8 Å². The van der Waals surface area contributed by atoms with E-state index in [-0.39, 0.29) is 24.1 Å². The predicted octanol–water partition coefficient (Wildman–Crippen LogP) is 3.29. The highest BCUT2D eigenvalue weighted by molar-refractivity contribution is 5.97. The first-order valence-corrected chi connectivity index (χ1v) is 8.00. The second-order valence-corrected chi connectivity index (χ2v) is 5.57. The maximum Gasteiger partial charge on any atom is 0.251 e. The molecule has 0 heterocycles. The molecule has 5 nitrogen and oxygen atoms in total. The van der Waals surface area contributed by atoms with Crippen LogP contribution in [-0.2, 0) is 4.79 Å². The van der Waals surface area contributed by atoms with Gasteiger partial charge in [0.2, 0.25) is 5.91 Å². The van der Waals surface area contributed by atoms with Crippen molar-refractivity contribution in [1.29, 1.82) is 0 Å². The smallest absolute Gasteiger partial charge is 0.251 e. The van der Waals surface area contributed by atoms with Gasteiger partial charge in [-0.2, -0.15) is 0 Å². The Morgan fingerprint density at radius 1 is 1.16 bits per heavy atom. The van der Waals surface area contributed by atoms with Gasteiger partial charge >= 0.3 is 0 Å². The van der Waals surface area contributed by atoms with Crippen LogP contribution in [0.5, 0.6) is 5.75 Å². The van der Waals surface area contributed by atoms with Crippen LogP contribution < -0.4 is 15.4 Å². The lowest BCUT2D eigenvalue weighted by atomic mass is 10.1. The van der Waals surface area contributed by atoms with E-state index in [9.17, 15) is 14.0 Å². The van der Waals surface area contributed by atoms with E-state index >= 15 is 0 Å². The highest BCUT2D eigenvalue weighted by Gasteiger charge is 2.09. The fourth-order valence-corrected chi connectivity index (χ4v) is 2.23. The summed E-state index contributed by atoms with van der Waals surface area (Å²) in [4.78, 5) is 23.7. The highest BCUT2D eigenvalue weighted by atomic mass is 19.1. The number of rotatable bonds is 7. The van der Waals surface area contributed by atoms with Gasteiger partial charge < -0.3 is 15.4 Å². The third kappa shape index (κ3) is 5.60. The zero-order valence-corrected chi connectivity index (χ0v) is 14.3. The summed E-state index contributed by atoms with van der Waals surface area (Å²) in [5.74, 6) is -0.296. The fourth-order valence-electron chi connectivity index (χ4n) is 2.23. The van der Waals surface area contributed by atoms with Gasteiger partial charge in [-0.05, 0) is 43.2 Å². The number of hydrogen-bond acceptors (Lipinski definition) is 3. The third-order valence-corrected chi connectivity index (χ3v) is 3.61. The molecule has 0 fully saturated rings. The van der Waals surface area contributed by atoms with Gasteiger partial charge in [0.1, 0.15) is 11.6 Å². The molecule has 0 atom stereocenters. The van der Waals surface area contributed by atoms with E-state index in [0.717, 1.165) is 5.56 Å². The molecule has 2 aromatic rings. The minimum Gasteiger partial charge on any atom is -0.493 e. The Labute approximate surface area is 146 Å². The lowest BCUT2D eigenvalue weighted by Crippen LogP contribution is -2.19. The number of carbonyl (C=O) groups excluding carboxylic acids is 2. The molecule has 0 aliphatic rings. The summed E-state index contributed by atoms with van der Waals surface area (Å²) >= 11 is 0. The number of hydrogen-bond donors (Lipinski definition) is 2. The average Bonchev–Trinajstić information content (AvgIpc) is 2.60. The number of aryl methyl sites for hydroxylation is 1. The van der Waals surface area contributed by atoms with E-state index < -0.39 is 0 Å². The summed E-state index contributed by atoms with van der Waals surface area (Å²) < 4.78 is 18.4. The maximum atomic E-state index is 13.0. The van der Waals surface area contributed by atoms with E-state index in [1.165, 1.54) is 12.1 Å². The standard InChI is InChI=1S/C19H21FN2O3/c1-13-8-9-14(19(24)21-2)11-17(13)22-18(23)7-4-10-25-16-6-3-5-15(20)12-16/h3,5-6,8-9,11-12H,4,7,10H2,1-2H3,(H,21,24)(H,22,23). The second-order valence-electron chi connectivity index (χ2n) is 5.57. The van der Waals surface area contributed by atoms with Crippen LogP contribution in [0, 0.1) is 12.7 Å². The zero-order valence-electron chi connectivity index (χ0n) is 14.3. The molecule has 132 valence electrons. The van der Waals surface area contributed by atoms with Crippen molar-refractivity contribution >= 4 is 17.5 Å². The molecule has 2 rings (SSSR count). The molecule has 2 aromatic carbocycles. The molecular weight excluding hydrogens is 323 g/mol. The van der Waals surface area contributed by atoms with Gasteiger partial charge in [0.15, 0.2) is 0 Å². The predicted molar refractivity (Wildman–Crippen MR) is 94.3 cm³/mol. The normalized spacial score (nSPS) is 10.2. The number of halogens is 1. The maximum absolute atomic E-state index is 13.0. The SMILES string of the molecule is CNC(=O)c1ccc(C)c(NC(=O)CCCOc2cccc(F)c2)c1. The number of ether oxygens (including phenoxy) is 1. The molecule has 0 unspecified atom stereocenters. The van der Waals surface area contributed by atoms with Crippen molar-refractivity contribution in [3.05, 3.63) is 59.4 Å². The van der Waals surface area contributed by atoms with E-state index in [4.69, 9.17) is 4.74 Å². The van der Waals surface area contributed by atoms with Gasteiger partial charge in [0.05, 0.1) is 6.61 Å². The van der Waals surface area contributed by atoms with E-state index in [1.807, 2.05) is 6.92 Å². The fraction of sp³-hybridized carbons (Fsp3) is 0.263. The van der Waals surface area contributed by atoms with Crippen molar-refractivity contribution in [3.8, 4) is 5.75 Å². The zero-order chi connectivity index (χ0) is 18.2. The van der Waals surface area contributed by atoms with Gasteiger partial charge in [-0.3, -0.25) is 9.59 Å². The minimum atomic E-state index is -0.360. The number of nitrogens with one attached hydrogen (secondary N) is 2. The number of anilines is 1. The average molecular weight is 344 g/mol. The summed E-state index contributed by atoms with van der Waals surface area (Å²) in [5.41, 5.74) is 1.96. The Bertz CT molecular complexity index is 762. The molecule has 0 bridgehead atoms. The summed E-state index contributed by atoms with van der Waals surface area (Å²) in [5, 5.41) is 5.35. The van der Waals surface area contributed by atoms with Gasteiger partial charge in [-0.1, -0.05) is 12.1 Å². The largest absolute Gasteiger partial charge is 0.493 e. The van der Waals surface area contributed by atoms with Crippen LogP contribution >= 0.6 is 0 Å². The number of amides is 2. The summed E-state index contributed by atoms with van der Waals surface area (Å²) in [6, 6.07) is 11.0. The summed E-state index contributed by atoms with van der Waals surface area (Å²) in [6.07, 6.45) is 0.759. The first-order chi connectivity index (χ1) is 12.0. The van der Waals surface area contributed by atoms with Gasteiger partial charge in [-0.25, -0.2) is 4.39 Å². The summed E-state index contributed by atoms with van der Waals surface area (Å²) in [6.45, 7) is 2.17. The molecule has 2 amide bonds. The Morgan fingerprint density at radius 3 is 2.68 bits per heavy atom. The van der Waals surface area contributed by atoms with Gasteiger partial charge in [-0.15, -0.1) is 0 Å². The summed E-state index contributed by atoms with van der Waals surface area (Å²) in [7, 11) is 1.55. The molecule has 6 heteroatoms. The van der Waals surface area contributed by atoms with Crippen LogP contribution in [0.15, 0.2) is 42.5 Å². The van der Waals surface area contributed by atoms with Crippen LogP contribution in [0.4, 0.5) is 10.1 Å². The first kappa shape index (κ1) is 18.4. The molecule has 0 aliphatic carbocycles. The molecular formula is C19H21FN2O3. The molecule has 0 aliphatic heterocycles. The van der Waals surface area contributed by atoms with Crippen LogP contribution in [-0.4, -0.2) is 25.5 Å². The lowest BCUT2D eigenvalue weighted by molar-refractivity contribution is -0.116. The molecule has 0 spiro atoms. The molecule has 0 saturated carbocycles. The van der Waals surface area contributed by atoms with Crippen LogP contribution in [0.25, 0.3) is 0 Å². The van der Waals surface area contributed by atoms with E-state index in [1.54, 1.807) is 37.4 Å². The second kappa shape index (κ2) is 8.82. The Balaban J connectivity index is 1.83. The topological polar surface area (TPSA) is 67.4 Å². The lowest BCUT2D eigenvalue weighted by Gasteiger charge is -2.11. The number of carbonyl (C=O) groups is 2. The number of benzene rings is 2. The minimum absolute atomic E-state index is 0.167. The molecule has 2 N–H and O–H groups in total. The van der Waals surface area contributed by atoms with E-state index in [0.29, 0.717) is 30.0 Å². The van der Waals surface area contributed by atoms with Crippen molar-refractivity contribution in [1.82, 2.24) is 5.32 Å².